The normalized spacial score (nSPS) is 18.8. The van der Waals surface area contributed by atoms with E-state index in [9.17, 15) is 0 Å². The number of benzene rings is 1. The number of morpholine rings is 1. The molecule has 1 heterocycles. The van der Waals surface area contributed by atoms with Crippen LogP contribution in [0, 0.1) is 5.92 Å². The van der Waals surface area contributed by atoms with Gasteiger partial charge in [-0.15, -0.1) is 24.0 Å². The number of nitrogens with zero attached hydrogens (tertiary/aromatic N) is 3. The van der Waals surface area contributed by atoms with E-state index < -0.39 is 0 Å². The zero-order valence-electron chi connectivity index (χ0n) is 19.4. The van der Waals surface area contributed by atoms with E-state index in [1.807, 2.05) is 12.1 Å². The second-order valence-corrected chi connectivity index (χ2v) is 8.23. The lowest BCUT2D eigenvalue weighted by molar-refractivity contribution is -0.0284. The van der Waals surface area contributed by atoms with Gasteiger partial charge in [-0.3, -0.25) is 9.89 Å². The summed E-state index contributed by atoms with van der Waals surface area (Å²) in [5.41, 5.74) is 1.23. The maximum absolute atomic E-state index is 5.93. The zero-order valence-corrected chi connectivity index (χ0v) is 21.7. The van der Waals surface area contributed by atoms with Gasteiger partial charge in [-0.25, -0.2) is 0 Å². The Morgan fingerprint density at radius 2 is 1.97 bits per heavy atom. The molecule has 1 aliphatic rings. The third-order valence-electron chi connectivity index (χ3n) is 5.15. The van der Waals surface area contributed by atoms with Gasteiger partial charge in [0.15, 0.2) is 5.96 Å². The van der Waals surface area contributed by atoms with E-state index >= 15 is 0 Å². The highest BCUT2D eigenvalue weighted by Gasteiger charge is 2.21. The maximum atomic E-state index is 5.93. The summed E-state index contributed by atoms with van der Waals surface area (Å²) >= 11 is 0. The Kier molecular flexibility index (Phi) is 12.6. The quantitative estimate of drug-likeness (QED) is 0.289. The van der Waals surface area contributed by atoms with Gasteiger partial charge in [-0.05, 0) is 37.7 Å². The van der Waals surface area contributed by atoms with Gasteiger partial charge < -0.3 is 25.0 Å². The van der Waals surface area contributed by atoms with E-state index in [1.54, 1.807) is 14.2 Å². The van der Waals surface area contributed by atoms with Gasteiger partial charge in [0.2, 0.25) is 0 Å². The van der Waals surface area contributed by atoms with Gasteiger partial charge in [-0.1, -0.05) is 26.0 Å². The molecule has 7 nitrogen and oxygen atoms in total. The van der Waals surface area contributed by atoms with Crippen molar-refractivity contribution in [1.82, 2.24) is 20.4 Å². The average Bonchev–Trinajstić information content (AvgIpc) is 2.70. The van der Waals surface area contributed by atoms with Gasteiger partial charge in [0.05, 0.1) is 25.9 Å². The number of ether oxygens (including phenoxy) is 2. The van der Waals surface area contributed by atoms with Crippen LogP contribution in [0.1, 0.15) is 25.5 Å². The molecule has 1 fully saturated rings. The third kappa shape index (κ3) is 8.95. The highest BCUT2D eigenvalue weighted by atomic mass is 127. The smallest absolute Gasteiger partial charge is 0.191 e. The number of hydrogen-bond donors (Lipinski definition) is 2. The fraction of sp³-hybridized carbons (Fsp3) is 0.682. The summed E-state index contributed by atoms with van der Waals surface area (Å²) in [4.78, 5) is 9.07. The van der Waals surface area contributed by atoms with Crippen LogP contribution in [0.25, 0.3) is 0 Å². The van der Waals surface area contributed by atoms with Gasteiger partial charge >= 0.3 is 0 Å². The predicted molar refractivity (Wildman–Crippen MR) is 135 cm³/mol. The van der Waals surface area contributed by atoms with Crippen molar-refractivity contribution in [2.75, 3.05) is 67.6 Å². The predicted octanol–water partition coefficient (Wildman–Crippen LogP) is 2.44. The van der Waals surface area contributed by atoms with Crippen LogP contribution >= 0.6 is 24.0 Å². The van der Waals surface area contributed by atoms with Gasteiger partial charge in [0, 0.05) is 39.8 Å². The highest BCUT2D eigenvalue weighted by molar-refractivity contribution is 14.0. The first-order chi connectivity index (χ1) is 13.9. The molecule has 8 heteroatoms. The molecule has 2 atom stereocenters. The number of aliphatic imine (C=N–C) groups is 1. The molecule has 0 bridgehead atoms. The van der Waals surface area contributed by atoms with E-state index in [0.717, 1.165) is 51.0 Å². The molecule has 0 saturated carbocycles. The van der Waals surface area contributed by atoms with Crippen molar-refractivity contribution in [2.24, 2.45) is 10.9 Å². The minimum Gasteiger partial charge on any atom is -0.497 e. The summed E-state index contributed by atoms with van der Waals surface area (Å²) in [6, 6.07) is 8.46. The number of nitrogens with one attached hydrogen (secondary N) is 2. The second-order valence-electron chi connectivity index (χ2n) is 8.23. The standard InChI is InChI=1S/C22H39N5O2.HI/c1-17(2)15-27-11-12-29-20(16-27)13-24-22(23-3)25-14-21(26(4)5)18-7-9-19(28-6)10-8-18;/h7-10,17,20-21H,11-16H2,1-6H3,(H2,23,24,25);1H. The number of guanidine groups is 1. The molecule has 30 heavy (non-hydrogen) atoms. The Balaban J connectivity index is 0.00000450. The fourth-order valence-electron chi connectivity index (χ4n) is 3.64. The second kappa shape index (κ2) is 14.1. The average molecular weight is 533 g/mol. The van der Waals surface area contributed by atoms with E-state index in [2.05, 4.69) is 65.5 Å². The van der Waals surface area contributed by atoms with Crippen LogP contribution in [-0.4, -0.2) is 89.4 Å². The molecule has 172 valence electrons. The highest BCUT2D eigenvalue weighted by Crippen LogP contribution is 2.20. The molecule has 1 aromatic rings. The minimum absolute atomic E-state index is 0. The Labute approximate surface area is 199 Å². The van der Waals surface area contributed by atoms with E-state index in [-0.39, 0.29) is 36.1 Å². The molecular weight excluding hydrogens is 493 g/mol. The third-order valence-corrected chi connectivity index (χ3v) is 5.15. The van der Waals surface area contributed by atoms with Crippen LogP contribution in [0.3, 0.4) is 0 Å². The number of rotatable bonds is 9. The summed E-state index contributed by atoms with van der Waals surface area (Å²) in [7, 11) is 7.67. The molecule has 1 aliphatic heterocycles. The summed E-state index contributed by atoms with van der Waals surface area (Å²) in [6.07, 6.45) is 0.187. The lowest BCUT2D eigenvalue weighted by atomic mass is 10.1. The first-order valence-electron chi connectivity index (χ1n) is 10.5. The van der Waals surface area contributed by atoms with Gasteiger partial charge in [-0.2, -0.15) is 0 Å². The summed E-state index contributed by atoms with van der Waals surface area (Å²) in [5.74, 6) is 2.35. The first kappa shape index (κ1) is 26.9. The Bertz CT molecular complexity index is 624. The molecule has 1 aromatic carbocycles. The van der Waals surface area contributed by atoms with Crippen LogP contribution < -0.4 is 15.4 Å². The van der Waals surface area contributed by atoms with Crippen LogP contribution in [0.5, 0.6) is 5.75 Å². The molecule has 0 aromatic heterocycles. The van der Waals surface area contributed by atoms with E-state index in [1.165, 1.54) is 5.56 Å². The molecule has 2 N–H and O–H groups in total. The molecule has 0 amide bonds. The fourth-order valence-corrected chi connectivity index (χ4v) is 3.64. The van der Waals surface area contributed by atoms with Gasteiger partial charge in [0.1, 0.15) is 5.75 Å². The maximum Gasteiger partial charge on any atom is 0.191 e. The van der Waals surface area contributed by atoms with Crippen LogP contribution in [0.15, 0.2) is 29.3 Å². The van der Waals surface area contributed by atoms with Crippen LogP contribution in [0.4, 0.5) is 0 Å². The monoisotopic (exact) mass is 533 g/mol. The van der Waals surface area contributed by atoms with Crippen molar-refractivity contribution < 1.29 is 9.47 Å². The van der Waals surface area contributed by atoms with Crippen molar-refractivity contribution in [2.45, 2.75) is 26.0 Å². The molecule has 1 saturated heterocycles. The SMILES string of the molecule is CN=C(NCC1CN(CC(C)C)CCO1)NCC(c1ccc(OC)cc1)N(C)C.I. The summed E-state index contributed by atoms with van der Waals surface area (Å²) in [6.45, 7) is 9.94. The molecule has 0 radical (unpaired) electrons. The van der Waals surface area contributed by atoms with E-state index in [0.29, 0.717) is 5.92 Å². The largest absolute Gasteiger partial charge is 0.497 e. The number of halogens is 1. The van der Waals surface area contributed by atoms with E-state index in [4.69, 9.17) is 9.47 Å². The minimum atomic E-state index is 0. The van der Waals surface area contributed by atoms with Crippen molar-refractivity contribution in [3.8, 4) is 5.75 Å². The Morgan fingerprint density at radius 3 is 2.53 bits per heavy atom. The Hall–Kier alpha value is -1.10. The van der Waals surface area contributed by atoms with Crippen LogP contribution in [-0.2, 0) is 4.74 Å². The van der Waals surface area contributed by atoms with Crippen molar-refractivity contribution in [3.63, 3.8) is 0 Å². The topological polar surface area (TPSA) is 61.4 Å². The van der Waals surface area contributed by atoms with Crippen molar-refractivity contribution in [3.05, 3.63) is 29.8 Å². The lowest BCUT2D eigenvalue weighted by Crippen LogP contribution is -2.50. The molecule has 0 aliphatic carbocycles. The van der Waals surface area contributed by atoms with Crippen molar-refractivity contribution >= 4 is 29.9 Å². The lowest BCUT2D eigenvalue weighted by Gasteiger charge is -2.34. The zero-order chi connectivity index (χ0) is 21.2. The first-order valence-corrected chi connectivity index (χ1v) is 10.5. The number of hydrogen-bond acceptors (Lipinski definition) is 5. The number of likely N-dealkylation sites (N-methyl/N-ethyl adjacent to an activating group) is 1. The molecule has 2 unspecified atom stereocenters. The molecular formula is C22H40IN5O2. The van der Waals surface area contributed by atoms with Crippen LogP contribution in [0.2, 0.25) is 0 Å². The van der Waals surface area contributed by atoms with Gasteiger partial charge in [0.25, 0.3) is 0 Å². The van der Waals surface area contributed by atoms with Crippen molar-refractivity contribution in [1.29, 1.82) is 0 Å². The Morgan fingerprint density at radius 1 is 1.27 bits per heavy atom. The molecule has 2 rings (SSSR count). The summed E-state index contributed by atoms with van der Waals surface area (Å²) < 4.78 is 11.2. The summed E-state index contributed by atoms with van der Waals surface area (Å²) in [5, 5.41) is 6.88. The molecule has 0 spiro atoms. The number of methoxy groups -OCH3 is 1.